The van der Waals surface area contributed by atoms with Crippen molar-refractivity contribution in [3.05, 3.63) is 149 Å². The molecule has 254 valence electrons. The van der Waals surface area contributed by atoms with Gasteiger partial charge in [-0.3, -0.25) is 8.42 Å². The van der Waals surface area contributed by atoms with Gasteiger partial charge < -0.3 is 18.6 Å². The first-order chi connectivity index (χ1) is 23.5. The molecule has 4 aromatic carbocycles. The monoisotopic (exact) mass is 714 g/mol. The lowest BCUT2D eigenvalue weighted by atomic mass is 9.90. The van der Waals surface area contributed by atoms with Crippen LogP contribution in [0.1, 0.15) is 36.1 Å². The molecule has 1 aliphatic carbocycles. The summed E-state index contributed by atoms with van der Waals surface area (Å²) in [6.07, 6.45) is 7.59. The van der Waals surface area contributed by atoms with Crippen LogP contribution < -0.4 is 4.90 Å². The Morgan fingerprint density at radius 2 is 1.35 bits per heavy atom. The zero-order valence-corrected chi connectivity index (χ0v) is 29.3. The maximum absolute atomic E-state index is 12.4. The lowest BCUT2D eigenvalue weighted by Gasteiger charge is -2.24. The third-order valence-electron chi connectivity index (χ3n) is 8.16. The maximum atomic E-state index is 12.4. The summed E-state index contributed by atoms with van der Waals surface area (Å²) in [5.41, 5.74) is 5.67. The molecular formula is C37H34N2O7S3-2. The largest absolute Gasteiger partial charge is 0.768 e. The smallest absolute Gasteiger partial charge is 0.200 e. The first-order valence-electron chi connectivity index (χ1n) is 15.5. The summed E-state index contributed by atoms with van der Waals surface area (Å²) in [6, 6.07) is 27.3. The van der Waals surface area contributed by atoms with Gasteiger partial charge in [0.05, 0.1) is 4.90 Å². The van der Waals surface area contributed by atoms with E-state index in [1.54, 1.807) is 48.5 Å². The second-order valence-electron chi connectivity index (χ2n) is 11.2. The molecule has 2 atom stereocenters. The van der Waals surface area contributed by atoms with Gasteiger partial charge in [-0.15, -0.1) is 0 Å². The summed E-state index contributed by atoms with van der Waals surface area (Å²) in [5.74, 6) is 0. The first kappa shape index (κ1) is 36.0. The van der Waals surface area contributed by atoms with Gasteiger partial charge in [-0.1, -0.05) is 54.6 Å². The Labute approximate surface area is 292 Å². The lowest BCUT2D eigenvalue weighted by molar-refractivity contribution is -0.539. The Kier molecular flexibility index (Phi) is 11.7. The zero-order valence-electron chi connectivity index (χ0n) is 26.9. The molecule has 0 saturated heterocycles. The fraction of sp³-hybridized carbons (Fsp3) is 0.162. The van der Waals surface area contributed by atoms with E-state index in [0.29, 0.717) is 42.9 Å². The van der Waals surface area contributed by atoms with Crippen molar-refractivity contribution in [3.8, 4) is 0 Å². The minimum atomic E-state index is -4.81. The molecule has 0 spiro atoms. The third kappa shape index (κ3) is 8.84. The highest BCUT2D eigenvalue weighted by Crippen LogP contribution is 2.35. The zero-order chi connectivity index (χ0) is 35.1. The highest BCUT2D eigenvalue weighted by Gasteiger charge is 2.20. The van der Waals surface area contributed by atoms with E-state index in [1.807, 2.05) is 74.5 Å². The Morgan fingerprint density at radius 3 is 1.92 bits per heavy atom. The summed E-state index contributed by atoms with van der Waals surface area (Å²) in [4.78, 5) is 2.20. The Balaban J connectivity index is 1.54. The van der Waals surface area contributed by atoms with Crippen molar-refractivity contribution in [2.24, 2.45) is 0 Å². The topological polar surface area (TPSA) is 144 Å². The molecule has 0 aromatic heterocycles. The van der Waals surface area contributed by atoms with Crippen LogP contribution in [-0.4, -0.2) is 53.9 Å². The minimum Gasteiger partial charge on any atom is -0.768 e. The van der Waals surface area contributed by atoms with Crippen LogP contribution in [0.4, 0.5) is 5.69 Å². The Hall–Kier alpha value is -4.30. The molecule has 1 aliphatic rings. The summed E-state index contributed by atoms with van der Waals surface area (Å²) in [6.45, 7) is 6.24. The Bertz CT molecular complexity index is 2120. The number of anilines is 1. The van der Waals surface area contributed by atoms with Crippen LogP contribution in [0.3, 0.4) is 0 Å². The van der Waals surface area contributed by atoms with Gasteiger partial charge in [0.2, 0.25) is 0 Å². The average molecular weight is 715 g/mol. The number of hydrogen-bond donors (Lipinski definition) is 0. The van der Waals surface area contributed by atoms with Crippen molar-refractivity contribution < 1.29 is 35.1 Å². The molecule has 0 heterocycles. The number of allylic oxidation sites excluding steroid dienone is 5. The van der Waals surface area contributed by atoms with Gasteiger partial charge in [0, 0.05) is 51.8 Å². The van der Waals surface area contributed by atoms with Gasteiger partial charge >= 0.3 is 0 Å². The molecule has 9 nitrogen and oxygen atoms in total. The maximum Gasteiger partial charge on any atom is 0.200 e. The Morgan fingerprint density at radius 1 is 0.755 bits per heavy atom. The second-order valence-corrected chi connectivity index (χ2v) is 14.4. The highest BCUT2D eigenvalue weighted by molar-refractivity contribution is 7.85. The van der Waals surface area contributed by atoms with Crippen LogP contribution >= 0.6 is 0 Å². The summed E-state index contributed by atoms with van der Waals surface area (Å²) < 4.78 is 85.2. The van der Waals surface area contributed by atoms with Crippen molar-refractivity contribution >= 4 is 49.3 Å². The molecule has 4 aromatic rings. The summed E-state index contributed by atoms with van der Waals surface area (Å²) >= 11 is -4.66. The molecule has 12 heteroatoms. The molecule has 0 amide bonds. The van der Waals surface area contributed by atoms with Crippen LogP contribution in [0.15, 0.2) is 142 Å². The fourth-order valence-electron chi connectivity index (χ4n) is 5.75. The van der Waals surface area contributed by atoms with E-state index in [-0.39, 0.29) is 20.2 Å². The van der Waals surface area contributed by atoms with Crippen LogP contribution in [0.2, 0.25) is 0 Å². The molecule has 5 rings (SSSR count). The van der Waals surface area contributed by atoms with Crippen molar-refractivity contribution in [1.82, 2.24) is 0 Å². The summed E-state index contributed by atoms with van der Waals surface area (Å²) in [7, 11) is -4.81. The van der Waals surface area contributed by atoms with Gasteiger partial charge in [0.25, 0.3) is 0 Å². The fourth-order valence-corrected chi connectivity index (χ4v) is 7.31. The quantitative estimate of drug-likeness (QED) is 0.103. The van der Waals surface area contributed by atoms with Crippen molar-refractivity contribution in [3.63, 3.8) is 0 Å². The molecule has 0 radical (unpaired) electrons. The molecule has 0 N–H and O–H groups in total. The van der Waals surface area contributed by atoms with Crippen molar-refractivity contribution in [2.45, 2.75) is 41.6 Å². The van der Waals surface area contributed by atoms with Gasteiger partial charge in [0.1, 0.15) is 16.7 Å². The van der Waals surface area contributed by atoms with Crippen molar-refractivity contribution in [2.75, 3.05) is 18.0 Å². The van der Waals surface area contributed by atoms with Gasteiger partial charge in [0.15, 0.2) is 12.3 Å². The molecule has 2 unspecified atom stereocenters. The summed E-state index contributed by atoms with van der Waals surface area (Å²) in [5, 5.41) is 0. The number of nitrogens with zero attached hydrogens (tertiary/aromatic N) is 2. The molecule has 0 fully saturated rings. The van der Waals surface area contributed by atoms with E-state index in [4.69, 9.17) is 0 Å². The predicted molar refractivity (Wildman–Crippen MR) is 189 cm³/mol. The van der Waals surface area contributed by atoms with Gasteiger partial charge in [-0.25, -0.2) is 13.0 Å². The minimum absolute atomic E-state index is 0.217. The van der Waals surface area contributed by atoms with E-state index in [9.17, 15) is 30.5 Å². The van der Waals surface area contributed by atoms with Crippen LogP contribution in [-0.2, 0) is 45.4 Å². The van der Waals surface area contributed by atoms with E-state index in [1.165, 1.54) is 12.1 Å². The molecule has 0 saturated carbocycles. The molecule has 0 aliphatic heterocycles. The van der Waals surface area contributed by atoms with Crippen LogP contribution in [0, 0.1) is 0 Å². The third-order valence-corrected chi connectivity index (χ3v) is 10.3. The predicted octanol–water partition coefficient (Wildman–Crippen LogP) is 5.69. The first-order valence-corrected chi connectivity index (χ1v) is 19.0. The molecule has 0 bridgehead atoms. The lowest BCUT2D eigenvalue weighted by Crippen LogP contribution is -2.22. The van der Waals surface area contributed by atoms with Gasteiger partial charge in [-0.2, -0.15) is 0 Å². The second kappa shape index (κ2) is 15.9. The standard InChI is InChI=1S/C37H36N2O7S3/c1-3-38(25-27-9-7-11-33(23-27)47(40)41)31-19-15-29(16-20-31)37(35-13-5-6-14-36(35)49(44,45)46)30-17-21-32(22-18-30)39(4-2)26-28-10-8-12-34(24-28)48(42)43/h5-24H,3-4,25-26H2,1-2H3,(H2-,40,41,42,43,44,45,46)/p-2. The number of hydrogen-bond acceptors (Lipinski definition) is 8. The van der Waals surface area contributed by atoms with E-state index in [0.717, 1.165) is 22.5 Å². The van der Waals surface area contributed by atoms with E-state index < -0.39 is 32.3 Å². The van der Waals surface area contributed by atoms with Crippen LogP contribution in [0.25, 0.3) is 5.57 Å². The average Bonchev–Trinajstić information content (AvgIpc) is 3.10. The molecule has 49 heavy (non-hydrogen) atoms. The number of benzene rings is 4. The van der Waals surface area contributed by atoms with E-state index >= 15 is 0 Å². The highest BCUT2D eigenvalue weighted by atomic mass is 32.2. The van der Waals surface area contributed by atoms with Crippen molar-refractivity contribution in [1.29, 1.82) is 0 Å². The van der Waals surface area contributed by atoms with Gasteiger partial charge in [-0.05, 0) is 113 Å². The van der Waals surface area contributed by atoms with E-state index in [2.05, 4.69) is 9.48 Å². The van der Waals surface area contributed by atoms with Crippen LogP contribution in [0.5, 0.6) is 0 Å². The molecular weight excluding hydrogens is 681 g/mol. The SMILES string of the molecule is CCN(Cc1cccc(S(=O)[O-])c1)c1ccc(C(=C2C=CC(=[N+](CC)Cc3cccc(S(=O)[O-])c3)C=C2)c2ccccc2S(=O)(=O)[O-])cc1. The normalized spacial score (nSPS) is 14.1. The number of rotatable bonds is 12.